The van der Waals surface area contributed by atoms with Crippen molar-refractivity contribution in [1.29, 1.82) is 0 Å². The molecule has 74 valence electrons. The summed E-state index contributed by atoms with van der Waals surface area (Å²) in [7, 11) is 0. The maximum Gasteiger partial charge on any atom is 0.0672 e. The van der Waals surface area contributed by atoms with Crippen LogP contribution >= 0.6 is 11.6 Å². The fourth-order valence-corrected chi connectivity index (χ4v) is 2.15. The predicted molar refractivity (Wildman–Crippen MR) is 60.5 cm³/mol. The van der Waals surface area contributed by atoms with E-state index in [-0.39, 0.29) is 0 Å². The Hall–Kier alpha value is -0.990. The summed E-state index contributed by atoms with van der Waals surface area (Å²) in [6.45, 7) is 3.56. The first-order valence-corrected chi connectivity index (χ1v) is 5.12. The third-order valence-electron chi connectivity index (χ3n) is 2.48. The van der Waals surface area contributed by atoms with Crippen LogP contribution in [0, 0.1) is 0 Å². The van der Waals surface area contributed by atoms with E-state index in [1.807, 2.05) is 12.1 Å². The second-order valence-electron chi connectivity index (χ2n) is 3.26. The van der Waals surface area contributed by atoms with Crippen LogP contribution in [0.4, 0.5) is 0 Å². The molecule has 0 bridgehead atoms. The molecule has 0 fully saturated rings. The molecule has 2 rings (SSSR count). The largest absolute Gasteiger partial charge is 0.342 e. The highest BCUT2D eigenvalue weighted by molar-refractivity contribution is 6.35. The van der Waals surface area contributed by atoms with E-state index in [0.29, 0.717) is 6.54 Å². The van der Waals surface area contributed by atoms with Crippen LogP contribution in [0.15, 0.2) is 24.3 Å². The third-order valence-corrected chi connectivity index (χ3v) is 2.79. The average Bonchev–Trinajstić information content (AvgIpc) is 2.56. The molecular weight excluding hydrogens is 196 g/mol. The highest BCUT2D eigenvalue weighted by Crippen LogP contribution is 2.26. The van der Waals surface area contributed by atoms with E-state index in [2.05, 4.69) is 23.6 Å². The smallest absolute Gasteiger partial charge is 0.0672 e. The van der Waals surface area contributed by atoms with Gasteiger partial charge in [-0.15, -0.1) is 0 Å². The van der Waals surface area contributed by atoms with Gasteiger partial charge in [0.2, 0.25) is 0 Å². The number of rotatable bonds is 2. The summed E-state index contributed by atoms with van der Waals surface area (Å²) in [5.74, 6) is 0. The first kappa shape index (κ1) is 9.56. The minimum Gasteiger partial charge on any atom is -0.342 e. The molecule has 2 aromatic rings. The Balaban J connectivity index is 2.81. The van der Waals surface area contributed by atoms with Crippen LogP contribution in [0.1, 0.15) is 12.6 Å². The van der Waals surface area contributed by atoms with Crippen molar-refractivity contribution < 1.29 is 0 Å². The van der Waals surface area contributed by atoms with E-state index in [4.69, 9.17) is 17.3 Å². The van der Waals surface area contributed by atoms with Gasteiger partial charge in [-0.3, -0.25) is 0 Å². The quantitative estimate of drug-likeness (QED) is 0.809. The van der Waals surface area contributed by atoms with Crippen LogP contribution in [-0.2, 0) is 13.1 Å². The van der Waals surface area contributed by atoms with Crippen molar-refractivity contribution in [3.63, 3.8) is 0 Å². The molecule has 1 aromatic carbocycles. The molecule has 0 saturated carbocycles. The molecule has 3 heteroatoms. The second kappa shape index (κ2) is 3.64. The molecule has 0 spiro atoms. The van der Waals surface area contributed by atoms with Crippen molar-refractivity contribution in [3.8, 4) is 0 Å². The monoisotopic (exact) mass is 208 g/mol. The molecule has 0 amide bonds. The highest BCUT2D eigenvalue weighted by Gasteiger charge is 2.08. The van der Waals surface area contributed by atoms with Gasteiger partial charge in [0, 0.05) is 24.2 Å². The molecule has 2 nitrogen and oxygen atoms in total. The van der Waals surface area contributed by atoms with Gasteiger partial charge in [0.15, 0.2) is 0 Å². The van der Waals surface area contributed by atoms with E-state index in [9.17, 15) is 0 Å². The minimum absolute atomic E-state index is 0.554. The standard InChI is InChI=1S/C11H13ClN2/c1-2-14-9(7-13)6-8-4-3-5-10(12)11(8)14/h3-6H,2,7,13H2,1H3. The van der Waals surface area contributed by atoms with Gasteiger partial charge in [-0.1, -0.05) is 23.7 Å². The molecular formula is C11H13ClN2. The summed E-state index contributed by atoms with van der Waals surface area (Å²) >= 11 is 6.15. The normalized spacial score (nSPS) is 11.1. The first-order valence-electron chi connectivity index (χ1n) is 4.74. The Morgan fingerprint density at radius 2 is 2.21 bits per heavy atom. The van der Waals surface area contributed by atoms with E-state index in [1.54, 1.807) is 0 Å². The maximum absolute atomic E-state index is 6.15. The lowest BCUT2D eigenvalue weighted by atomic mass is 10.2. The van der Waals surface area contributed by atoms with E-state index >= 15 is 0 Å². The predicted octanol–water partition coefficient (Wildman–Crippen LogP) is 2.77. The molecule has 0 saturated heterocycles. The number of nitrogens with two attached hydrogens (primary N) is 1. The molecule has 0 atom stereocenters. The molecule has 1 aromatic heterocycles. The molecule has 1 heterocycles. The zero-order valence-corrected chi connectivity index (χ0v) is 8.88. The van der Waals surface area contributed by atoms with Crippen LogP contribution in [0.3, 0.4) is 0 Å². The highest BCUT2D eigenvalue weighted by atomic mass is 35.5. The molecule has 0 aliphatic carbocycles. The number of para-hydroxylation sites is 1. The Bertz CT molecular complexity index is 460. The summed E-state index contributed by atoms with van der Waals surface area (Å²) in [4.78, 5) is 0. The van der Waals surface area contributed by atoms with Crippen molar-refractivity contribution in [2.24, 2.45) is 5.73 Å². The lowest BCUT2D eigenvalue weighted by Gasteiger charge is -2.06. The third kappa shape index (κ3) is 1.31. The van der Waals surface area contributed by atoms with Gasteiger partial charge in [0.05, 0.1) is 10.5 Å². The van der Waals surface area contributed by atoms with Gasteiger partial charge < -0.3 is 10.3 Å². The second-order valence-corrected chi connectivity index (χ2v) is 3.67. The van der Waals surface area contributed by atoms with Crippen molar-refractivity contribution in [2.75, 3.05) is 0 Å². The van der Waals surface area contributed by atoms with Crippen molar-refractivity contribution in [2.45, 2.75) is 20.0 Å². The lowest BCUT2D eigenvalue weighted by Crippen LogP contribution is -2.05. The zero-order chi connectivity index (χ0) is 10.1. The van der Waals surface area contributed by atoms with Crippen LogP contribution in [-0.4, -0.2) is 4.57 Å². The number of halogens is 1. The van der Waals surface area contributed by atoms with Crippen LogP contribution in [0.2, 0.25) is 5.02 Å². The first-order chi connectivity index (χ1) is 6.77. The van der Waals surface area contributed by atoms with Gasteiger partial charge in [-0.2, -0.15) is 0 Å². The zero-order valence-electron chi connectivity index (χ0n) is 8.13. The van der Waals surface area contributed by atoms with E-state index in [1.165, 1.54) is 5.39 Å². The van der Waals surface area contributed by atoms with Gasteiger partial charge in [-0.25, -0.2) is 0 Å². The minimum atomic E-state index is 0.554. The van der Waals surface area contributed by atoms with Crippen LogP contribution in [0.5, 0.6) is 0 Å². The summed E-state index contributed by atoms with van der Waals surface area (Å²) in [5, 5.41) is 1.96. The fraction of sp³-hybridized carbons (Fsp3) is 0.273. The van der Waals surface area contributed by atoms with Crippen molar-refractivity contribution in [1.82, 2.24) is 4.57 Å². The lowest BCUT2D eigenvalue weighted by molar-refractivity contribution is 0.739. The SMILES string of the molecule is CCn1c(CN)cc2cccc(Cl)c21. The van der Waals surface area contributed by atoms with Gasteiger partial charge in [0.25, 0.3) is 0 Å². The van der Waals surface area contributed by atoms with Crippen molar-refractivity contribution >= 4 is 22.5 Å². The summed E-state index contributed by atoms with van der Waals surface area (Å²) < 4.78 is 2.16. The van der Waals surface area contributed by atoms with Crippen LogP contribution in [0.25, 0.3) is 10.9 Å². The van der Waals surface area contributed by atoms with E-state index in [0.717, 1.165) is 22.8 Å². The molecule has 0 aliphatic rings. The van der Waals surface area contributed by atoms with Crippen LogP contribution < -0.4 is 5.73 Å². The van der Waals surface area contributed by atoms with Crippen molar-refractivity contribution in [3.05, 3.63) is 35.0 Å². The molecule has 2 N–H and O–H groups in total. The number of hydrogen-bond acceptors (Lipinski definition) is 1. The van der Waals surface area contributed by atoms with Gasteiger partial charge in [0.1, 0.15) is 0 Å². The molecule has 0 radical (unpaired) electrons. The van der Waals surface area contributed by atoms with Gasteiger partial charge >= 0.3 is 0 Å². The summed E-state index contributed by atoms with van der Waals surface area (Å²) in [6, 6.07) is 8.04. The summed E-state index contributed by atoms with van der Waals surface area (Å²) in [5.41, 5.74) is 7.91. The molecule has 0 unspecified atom stereocenters. The Morgan fingerprint density at radius 3 is 2.86 bits per heavy atom. The molecule has 0 aliphatic heterocycles. The maximum atomic E-state index is 6.15. The number of fused-ring (bicyclic) bond motifs is 1. The number of benzene rings is 1. The number of aryl methyl sites for hydroxylation is 1. The Labute approximate surface area is 88.3 Å². The number of nitrogens with zero attached hydrogens (tertiary/aromatic N) is 1. The topological polar surface area (TPSA) is 30.9 Å². The molecule has 14 heavy (non-hydrogen) atoms. The van der Waals surface area contributed by atoms with E-state index < -0.39 is 0 Å². The number of hydrogen-bond donors (Lipinski definition) is 1. The average molecular weight is 209 g/mol. The summed E-state index contributed by atoms with van der Waals surface area (Å²) in [6.07, 6.45) is 0. The fourth-order valence-electron chi connectivity index (χ4n) is 1.86. The Kier molecular flexibility index (Phi) is 2.48. The Morgan fingerprint density at radius 1 is 1.43 bits per heavy atom. The van der Waals surface area contributed by atoms with Gasteiger partial charge in [-0.05, 0) is 19.1 Å². The number of aromatic nitrogens is 1.